The van der Waals surface area contributed by atoms with Crippen LogP contribution in [-0.2, 0) is 19.1 Å². The molecule has 0 radical (unpaired) electrons. The molecule has 144 valence electrons. The fraction of sp³-hybridized carbons (Fsp3) is 0.818. The van der Waals surface area contributed by atoms with Gasteiger partial charge in [-0.15, -0.1) is 0 Å². The van der Waals surface area contributed by atoms with Gasteiger partial charge in [-0.2, -0.15) is 0 Å². The van der Waals surface area contributed by atoms with Crippen molar-refractivity contribution in [3.63, 3.8) is 0 Å². The van der Waals surface area contributed by atoms with E-state index in [0.717, 1.165) is 43.9 Å². The molecule has 0 spiro atoms. The molecule has 7 atom stereocenters. The van der Waals surface area contributed by atoms with Gasteiger partial charge in [0.25, 0.3) is 0 Å². The van der Waals surface area contributed by atoms with Crippen molar-refractivity contribution < 1.29 is 19.1 Å². The number of carbonyl (C=O) groups is 2. The Balaban J connectivity index is 1.50. The third-order valence-electron chi connectivity index (χ3n) is 7.95. The van der Waals surface area contributed by atoms with Gasteiger partial charge in [-0.25, -0.2) is 0 Å². The van der Waals surface area contributed by atoms with Crippen molar-refractivity contribution in [2.75, 3.05) is 0 Å². The molecule has 4 rings (SSSR count). The molecule has 3 fully saturated rings. The number of esters is 2. The molecule has 0 aromatic carbocycles. The number of rotatable bonds is 2. The number of fused-ring (bicyclic) bond motifs is 5. The first-order valence-electron chi connectivity index (χ1n) is 10.4. The molecular weight excluding hydrogens is 328 g/mol. The molecule has 4 aliphatic carbocycles. The van der Waals surface area contributed by atoms with Crippen LogP contribution in [0.4, 0.5) is 0 Å². The highest BCUT2D eigenvalue weighted by Gasteiger charge is 2.57. The fourth-order valence-electron chi connectivity index (χ4n) is 6.92. The zero-order chi connectivity index (χ0) is 18.5. The van der Waals surface area contributed by atoms with E-state index >= 15 is 0 Å². The molecule has 0 N–H and O–H groups in total. The fourth-order valence-corrected chi connectivity index (χ4v) is 6.92. The minimum absolute atomic E-state index is 0.0835. The maximum Gasteiger partial charge on any atom is 0.302 e. The molecular formula is C22H32O4. The van der Waals surface area contributed by atoms with Gasteiger partial charge in [-0.05, 0) is 68.6 Å². The van der Waals surface area contributed by atoms with E-state index < -0.39 is 0 Å². The molecule has 0 bridgehead atoms. The lowest BCUT2D eigenvalue weighted by Gasteiger charge is -2.53. The van der Waals surface area contributed by atoms with E-state index in [1.807, 2.05) is 0 Å². The van der Waals surface area contributed by atoms with Crippen molar-refractivity contribution in [3.05, 3.63) is 11.6 Å². The molecule has 4 aliphatic rings. The van der Waals surface area contributed by atoms with Crippen molar-refractivity contribution in [3.8, 4) is 0 Å². The lowest BCUT2D eigenvalue weighted by Crippen LogP contribution is -2.48. The predicted octanol–water partition coefficient (Wildman–Crippen LogP) is 4.42. The Bertz CT molecular complexity index is 624. The summed E-state index contributed by atoms with van der Waals surface area (Å²) >= 11 is 0. The van der Waals surface area contributed by atoms with Gasteiger partial charge in [-0.1, -0.05) is 18.6 Å². The highest BCUT2D eigenvalue weighted by Crippen LogP contribution is 2.62. The van der Waals surface area contributed by atoms with Gasteiger partial charge < -0.3 is 9.47 Å². The molecule has 0 unspecified atom stereocenters. The van der Waals surface area contributed by atoms with Crippen molar-refractivity contribution in [2.24, 2.45) is 29.1 Å². The Hall–Kier alpha value is -1.32. The Morgan fingerprint density at radius 2 is 1.77 bits per heavy atom. The third kappa shape index (κ3) is 2.99. The number of allylic oxidation sites excluding steroid dienone is 1. The van der Waals surface area contributed by atoms with Crippen LogP contribution in [0.15, 0.2) is 11.6 Å². The highest BCUT2D eigenvalue weighted by atomic mass is 16.5. The summed E-state index contributed by atoms with van der Waals surface area (Å²) in [5.74, 6) is 2.57. The van der Waals surface area contributed by atoms with Crippen LogP contribution in [0.1, 0.15) is 72.1 Å². The Labute approximate surface area is 156 Å². The van der Waals surface area contributed by atoms with Crippen LogP contribution < -0.4 is 0 Å². The van der Waals surface area contributed by atoms with Gasteiger partial charge in [0.05, 0.1) is 0 Å². The van der Waals surface area contributed by atoms with E-state index in [2.05, 4.69) is 13.0 Å². The van der Waals surface area contributed by atoms with Gasteiger partial charge in [0.2, 0.25) is 0 Å². The lowest BCUT2D eigenvalue weighted by molar-refractivity contribution is -0.155. The number of carbonyl (C=O) groups excluding carboxylic acids is 2. The number of hydrogen-bond acceptors (Lipinski definition) is 4. The molecule has 0 heterocycles. The Morgan fingerprint density at radius 3 is 2.50 bits per heavy atom. The van der Waals surface area contributed by atoms with E-state index in [4.69, 9.17) is 9.47 Å². The van der Waals surface area contributed by atoms with Gasteiger partial charge >= 0.3 is 11.9 Å². The summed E-state index contributed by atoms with van der Waals surface area (Å²) in [6.45, 7) is 5.42. The maximum atomic E-state index is 11.5. The molecule has 4 nitrogen and oxygen atoms in total. The van der Waals surface area contributed by atoms with E-state index in [-0.39, 0.29) is 29.6 Å². The zero-order valence-corrected chi connectivity index (χ0v) is 16.3. The standard InChI is InChI=1S/C22H32O4/c1-13(23)25-16-5-7-17-15(12-16)4-6-19-18(17)10-11-22(3)20(19)8-9-21(22)26-14(2)24/h4,16-21H,5-12H2,1-3H3/t16-,17-,18+,19+,20-,21-,22-/m0/s1. The van der Waals surface area contributed by atoms with Gasteiger partial charge in [0, 0.05) is 25.7 Å². The minimum Gasteiger partial charge on any atom is -0.462 e. The van der Waals surface area contributed by atoms with Crippen LogP contribution in [0.5, 0.6) is 0 Å². The van der Waals surface area contributed by atoms with Gasteiger partial charge in [-0.3, -0.25) is 9.59 Å². The van der Waals surface area contributed by atoms with Gasteiger partial charge in [0.15, 0.2) is 0 Å². The maximum absolute atomic E-state index is 11.5. The second-order valence-electron chi connectivity index (χ2n) is 9.29. The predicted molar refractivity (Wildman–Crippen MR) is 98.2 cm³/mol. The SMILES string of the molecule is CC(=O)O[C@H]1CC[C@H]2C(=CC[C@@H]3[C@@H]2CC[C@]2(C)[C@@H](OC(C)=O)CC[C@@H]32)C1. The normalized spacial score (nSPS) is 44.2. The quantitative estimate of drug-likeness (QED) is 0.540. The second-order valence-corrected chi connectivity index (χ2v) is 9.29. The smallest absolute Gasteiger partial charge is 0.302 e. The van der Waals surface area contributed by atoms with Crippen LogP contribution in [0.25, 0.3) is 0 Å². The third-order valence-corrected chi connectivity index (χ3v) is 7.95. The Morgan fingerprint density at radius 1 is 1.00 bits per heavy atom. The van der Waals surface area contributed by atoms with Crippen molar-refractivity contribution >= 4 is 11.9 Å². The summed E-state index contributed by atoms with van der Waals surface area (Å²) in [4.78, 5) is 22.8. The van der Waals surface area contributed by atoms with Crippen LogP contribution >= 0.6 is 0 Å². The van der Waals surface area contributed by atoms with Crippen LogP contribution in [0, 0.1) is 29.1 Å². The average molecular weight is 360 g/mol. The molecule has 0 aliphatic heterocycles. The average Bonchev–Trinajstić information content (AvgIpc) is 2.90. The minimum atomic E-state index is -0.154. The van der Waals surface area contributed by atoms with Crippen LogP contribution in [0.3, 0.4) is 0 Å². The molecule has 0 aromatic heterocycles. The topological polar surface area (TPSA) is 52.6 Å². The second kappa shape index (κ2) is 6.69. The largest absolute Gasteiger partial charge is 0.462 e. The number of ether oxygens (including phenoxy) is 2. The summed E-state index contributed by atoms with van der Waals surface area (Å²) in [6.07, 6.45) is 11.5. The summed E-state index contributed by atoms with van der Waals surface area (Å²) in [7, 11) is 0. The molecule has 0 aromatic rings. The molecule has 0 saturated heterocycles. The molecule has 0 amide bonds. The summed E-state index contributed by atoms with van der Waals surface area (Å²) < 4.78 is 11.2. The number of hydrogen-bond donors (Lipinski definition) is 0. The Kier molecular flexibility index (Phi) is 4.65. The zero-order valence-electron chi connectivity index (χ0n) is 16.3. The molecule has 4 heteroatoms. The summed E-state index contributed by atoms with van der Waals surface area (Å²) in [5, 5.41) is 0. The monoisotopic (exact) mass is 360 g/mol. The highest BCUT2D eigenvalue weighted by molar-refractivity contribution is 5.66. The first-order valence-corrected chi connectivity index (χ1v) is 10.4. The molecule has 26 heavy (non-hydrogen) atoms. The molecule has 3 saturated carbocycles. The summed E-state index contributed by atoms with van der Waals surface area (Å²) in [6, 6.07) is 0. The van der Waals surface area contributed by atoms with E-state index in [1.165, 1.54) is 26.2 Å². The first-order chi connectivity index (χ1) is 12.4. The summed E-state index contributed by atoms with van der Waals surface area (Å²) in [5.41, 5.74) is 1.70. The van der Waals surface area contributed by atoms with Crippen LogP contribution in [0.2, 0.25) is 0 Å². The van der Waals surface area contributed by atoms with Crippen LogP contribution in [-0.4, -0.2) is 24.1 Å². The lowest BCUT2D eigenvalue weighted by atomic mass is 9.53. The van der Waals surface area contributed by atoms with Crippen molar-refractivity contribution in [2.45, 2.75) is 84.3 Å². The first kappa shape index (κ1) is 18.1. The van der Waals surface area contributed by atoms with E-state index in [0.29, 0.717) is 11.8 Å². The van der Waals surface area contributed by atoms with E-state index in [9.17, 15) is 9.59 Å². The van der Waals surface area contributed by atoms with E-state index in [1.54, 1.807) is 12.5 Å². The van der Waals surface area contributed by atoms with Gasteiger partial charge in [0.1, 0.15) is 12.2 Å². The van der Waals surface area contributed by atoms with Crippen molar-refractivity contribution in [1.29, 1.82) is 0 Å². The van der Waals surface area contributed by atoms with Crippen molar-refractivity contribution in [1.82, 2.24) is 0 Å².